The van der Waals surface area contributed by atoms with Crippen molar-refractivity contribution in [3.8, 4) is 11.5 Å². The predicted molar refractivity (Wildman–Crippen MR) is 128 cm³/mol. The Morgan fingerprint density at radius 3 is 1.71 bits per heavy atom. The number of phenols is 1. The molecule has 0 saturated carbocycles. The summed E-state index contributed by atoms with van der Waals surface area (Å²) in [5.41, 5.74) is 1.02. The molecule has 0 bridgehead atoms. The fourth-order valence-corrected chi connectivity index (χ4v) is 2.95. The van der Waals surface area contributed by atoms with E-state index in [0.717, 1.165) is 5.56 Å². The molecule has 7 heteroatoms. The van der Waals surface area contributed by atoms with Gasteiger partial charge in [-0.3, -0.25) is 0 Å². The number of ether oxygens (including phenoxy) is 2. The van der Waals surface area contributed by atoms with E-state index in [-0.39, 0.29) is 29.0 Å². The quantitative estimate of drug-likeness (QED) is 0.289. The summed E-state index contributed by atoms with van der Waals surface area (Å²) < 4.78 is 10.2. The molecule has 4 rings (SSSR count). The number of benzene rings is 4. The summed E-state index contributed by atoms with van der Waals surface area (Å²) in [6.45, 7) is 0.119. The zero-order valence-corrected chi connectivity index (χ0v) is 18.5. The number of carbonyl (C=O) groups is 3. The fourth-order valence-electron chi connectivity index (χ4n) is 2.95. The number of phenolic OH excluding ortho intramolecular Hbond substituents is 1. The summed E-state index contributed by atoms with van der Waals surface area (Å²) in [5.74, 6) is -1.97. The van der Waals surface area contributed by atoms with Crippen molar-refractivity contribution in [1.82, 2.24) is 0 Å². The van der Waals surface area contributed by atoms with Crippen LogP contribution in [-0.4, -0.2) is 28.1 Å². The van der Waals surface area contributed by atoms with Crippen molar-refractivity contribution >= 4 is 17.9 Å². The Bertz CT molecular complexity index is 1280. The number of carbonyl (C=O) groups excluding carboxylic acids is 2. The largest absolute Gasteiger partial charge is 0.507 e. The van der Waals surface area contributed by atoms with Gasteiger partial charge in [0.15, 0.2) is 0 Å². The average molecular weight is 470 g/mol. The molecule has 0 atom stereocenters. The van der Waals surface area contributed by atoms with Crippen molar-refractivity contribution in [3.63, 3.8) is 0 Å². The van der Waals surface area contributed by atoms with Crippen LogP contribution in [0.4, 0.5) is 0 Å². The van der Waals surface area contributed by atoms with Crippen LogP contribution < -0.4 is 4.74 Å². The zero-order chi connectivity index (χ0) is 25.0. The summed E-state index contributed by atoms with van der Waals surface area (Å²) in [4.78, 5) is 34.5. The second kappa shape index (κ2) is 12.4. The van der Waals surface area contributed by atoms with Crippen LogP contribution in [0.25, 0.3) is 0 Å². The predicted octanol–water partition coefficient (Wildman–Crippen LogP) is 5.35. The van der Waals surface area contributed by atoms with Crippen LogP contribution in [0.2, 0.25) is 0 Å². The average Bonchev–Trinajstić information content (AvgIpc) is 2.89. The molecule has 4 aromatic carbocycles. The molecule has 0 aliphatic rings. The molecule has 0 amide bonds. The maximum Gasteiger partial charge on any atom is 0.347 e. The molecule has 176 valence electrons. The van der Waals surface area contributed by atoms with E-state index in [1.807, 2.05) is 36.4 Å². The minimum atomic E-state index is -1.15. The molecule has 0 aromatic heterocycles. The number of aromatic carboxylic acids is 1. The number of aromatic hydroxyl groups is 1. The van der Waals surface area contributed by atoms with Crippen molar-refractivity contribution in [1.29, 1.82) is 0 Å². The van der Waals surface area contributed by atoms with Gasteiger partial charge in [-0.05, 0) is 42.0 Å². The Hall–Kier alpha value is -4.91. The highest BCUT2D eigenvalue weighted by atomic mass is 16.5. The molecule has 0 aliphatic heterocycles. The molecule has 7 nitrogen and oxygen atoms in total. The number of rotatable bonds is 6. The summed E-state index contributed by atoms with van der Waals surface area (Å²) in [6, 6.07) is 30.2. The van der Waals surface area contributed by atoms with E-state index in [4.69, 9.17) is 14.6 Å². The van der Waals surface area contributed by atoms with Crippen LogP contribution in [0.1, 0.15) is 36.6 Å². The topological polar surface area (TPSA) is 110 Å². The fraction of sp³-hybridized carbons (Fsp3) is 0.0357. The molecular weight excluding hydrogens is 448 g/mol. The second-order valence-electron chi connectivity index (χ2n) is 7.13. The highest BCUT2D eigenvalue weighted by Gasteiger charge is 2.17. The molecule has 35 heavy (non-hydrogen) atoms. The number of para-hydroxylation sites is 2. The van der Waals surface area contributed by atoms with E-state index in [0.29, 0.717) is 5.75 Å². The SMILES string of the molecule is O=C(O)c1ccccc1C(=O)OCc1ccccc1.O=C(Oc1ccccc1)c1ccccc1O. The van der Waals surface area contributed by atoms with Crippen LogP contribution in [0.15, 0.2) is 109 Å². The molecule has 0 radical (unpaired) electrons. The minimum Gasteiger partial charge on any atom is -0.507 e. The molecule has 0 fully saturated rings. The molecule has 0 saturated heterocycles. The first-order valence-corrected chi connectivity index (χ1v) is 10.5. The van der Waals surface area contributed by atoms with Gasteiger partial charge in [-0.1, -0.05) is 72.8 Å². The highest BCUT2D eigenvalue weighted by Crippen LogP contribution is 2.18. The van der Waals surface area contributed by atoms with Crippen LogP contribution in [-0.2, 0) is 11.3 Å². The first-order chi connectivity index (χ1) is 17.0. The van der Waals surface area contributed by atoms with Gasteiger partial charge in [-0.15, -0.1) is 0 Å². The van der Waals surface area contributed by atoms with Crippen LogP contribution in [0.3, 0.4) is 0 Å². The van der Waals surface area contributed by atoms with E-state index in [2.05, 4.69) is 0 Å². The summed E-state index contributed by atoms with van der Waals surface area (Å²) in [6.07, 6.45) is 0. The van der Waals surface area contributed by atoms with Gasteiger partial charge < -0.3 is 19.7 Å². The molecule has 0 aliphatic carbocycles. The van der Waals surface area contributed by atoms with Gasteiger partial charge in [-0.2, -0.15) is 0 Å². The minimum absolute atomic E-state index is 0.0550. The van der Waals surface area contributed by atoms with E-state index in [9.17, 15) is 19.5 Å². The van der Waals surface area contributed by atoms with E-state index in [1.54, 1.807) is 48.5 Å². The van der Waals surface area contributed by atoms with Crippen molar-refractivity contribution in [2.24, 2.45) is 0 Å². The van der Waals surface area contributed by atoms with Gasteiger partial charge in [0.2, 0.25) is 0 Å². The third-order valence-electron chi connectivity index (χ3n) is 4.67. The standard InChI is InChI=1S/C15H12O4.C13H10O3/c16-14(17)12-8-4-5-9-13(12)15(18)19-10-11-6-2-1-3-7-11;14-12-9-5-4-8-11(12)13(15)16-10-6-2-1-3-7-10/h1-9H,10H2,(H,16,17);1-9,14H. The first-order valence-electron chi connectivity index (χ1n) is 10.5. The van der Waals surface area contributed by atoms with Crippen LogP contribution in [0.5, 0.6) is 11.5 Å². The van der Waals surface area contributed by atoms with E-state index in [1.165, 1.54) is 24.3 Å². The number of carboxylic acid groups (broad SMARTS) is 1. The molecule has 4 aromatic rings. The number of hydrogen-bond donors (Lipinski definition) is 2. The van der Waals surface area contributed by atoms with Crippen molar-refractivity contribution in [2.75, 3.05) is 0 Å². The van der Waals surface area contributed by atoms with Gasteiger partial charge in [0.1, 0.15) is 23.7 Å². The van der Waals surface area contributed by atoms with Gasteiger partial charge in [0.25, 0.3) is 0 Å². The maximum atomic E-state index is 11.9. The normalized spacial score (nSPS) is 9.83. The first kappa shape index (κ1) is 24.7. The lowest BCUT2D eigenvalue weighted by Gasteiger charge is -2.07. The van der Waals surface area contributed by atoms with E-state index >= 15 is 0 Å². The Labute approximate surface area is 201 Å². The summed E-state index contributed by atoms with van der Waals surface area (Å²) in [5, 5.41) is 18.5. The number of esters is 2. The summed E-state index contributed by atoms with van der Waals surface area (Å²) in [7, 11) is 0. The van der Waals surface area contributed by atoms with Crippen LogP contribution in [0, 0.1) is 0 Å². The van der Waals surface area contributed by atoms with Crippen molar-refractivity contribution in [2.45, 2.75) is 6.61 Å². The van der Waals surface area contributed by atoms with Gasteiger partial charge in [-0.25, -0.2) is 14.4 Å². The third kappa shape index (κ3) is 7.30. The number of hydrogen-bond acceptors (Lipinski definition) is 6. The van der Waals surface area contributed by atoms with E-state index < -0.39 is 17.9 Å². The lowest BCUT2D eigenvalue weighted by atomic mass is 10.1. The molecule has 2 N–H and O–H groups in total. The highest BCUT2D eigenvalue weighted by molar-refractivity contribution is 6.02. The molecular formula is C28H22O7. The zero-order valence-electron chi connectivity index (χ0n) is 18.5. The second-order valence-corrected chi connectivity index (χ2v) is 7.13. The Morgan fingerprint density at radius 2 is 1.11 bits per heavy atom. The third-order valence-corrected chi connectivity index (χ3v) is 4.67. The summed E-state index contributed by atoms with van der Waals surface area (Å²) >= 11 is 0. The number of carboxylic acids is 1. The van der Waals surface area contributed by atoms with Crippen molar-refractivity contribution < 1.29 is 34.1 Å². The van der Waals surface area contributed by atoms with Crippen molar-refractivity contribution in [3.05, 3.63) is 131 Å². The lowest BCUT2D eigenvalue weighted by molar-refractivity contribution is 0.0463. The van der Waals surface area contributed by atoms with Gasteiger partial charge in [0, 0.05) is 0 Å². The Balaban J connectivity index is 0.000000198. The van der Waals surface area contributed by atoms with Gasteiger partial charge in [0.05, 0.1) is 11.1 Å². The van der Waals surface area contributed by atoms with Gasteiger partial charge >= 0.3 is 17.9 Å². The Kier molecular flexibility index (Phi) is 8.73. The smallest absolute Gasteiger partial charge is 0.347 e. The molecule has 0 spiro atoms. The Morgan fingerprint density at radius 1 is 0.600 bits per heavy atom. The monoisotopic (exact) mass is 470 g/mol. The lowest BCUT2D eigenvalue weighted by Crippen LogP contribution is -2.11. The van der Waals surface area contributed by atoms with Crippen LogP contribution >= 0.6 is 0 Å². The molecule has 0 heterocycles. The maximum absolute atomic E-state index is 11.9. The molecule has 0 unspecified atom stereocenters.